The highest BCUT2D eigenvalue weighted by Gasteiger charge is 2.51. The van der Waals surface area contributed by atoms with E-state index in [0.29, 0.717) is 19.8 Å². The minimum absolute atomic E-state index is 0.307. The first-order chi connectivity index (χ1) is 12.8. The molecule has 0 N–H and O–H groups in total. The van der Waals surface area contributed by atoms with E-state index in [1.165, 1.54) is 0 Å². The Hall–Kier alpha value is -1.54. The molecule has 0 spiro atoms. The molecule has 1 aromatic rings. The van der Waals surface area contributed by atoms with E-state index in [9.17, 15) is 0 Å². The van der Waals surface area contributed by atoms with Crippen molar-refractivity contribution in [2.45, 2.75) is 37.0 Å². The molecular weight excluding hydrogens is 336 g/mol. The van der Waals surface area contributed by atoms with E-state index in [0.717, 1.165) is 5.56 Å². The van der Waals surface area contributed by atoms with Crippen LogP contribution in [0.3, 0.4) is 0 Å². The first kappa shape index (κ1) is 19.2. The predicted octanol–water partition coefficient (Wildman–Crippen LogP) is 2.61. The minimum Gasteiger partial charge on any atom is -0.368 e. The number of ether oxygens (including phenoxy) is 6. The zero-order chi connectivity index (χ0) is 18.4. The highest BCUT2D eigenvalue weighted by Crippen LogP contribution is 2.36. The Morgan fingerprint density at radius 2 is 1.73 bits per heavy atom. The molecule has 6 heteroatoms. The van der Waals surface area contributed by atoms with Gasteiger partial charge in [0.15, 0.2) is 12.6 Å². The zero-order valence-corrected chi connectivity index (χ0v) is 15.0. The van der Waals surface area contributed by atoms with E-state index >= 15 is 0 Å². The number of benzene rings is 1. The van der Waals surface area contributed by atoms with Gasteiger partial charge in [-0.3, -0.25) is 0 Å². The van der Waals surface area contributed by atoms with Gasteiger partial charge in [0.25, 0.3) is 0 Å². The van der Waals surface area contributed by atoms with Crippen molar-refractivity contribution in [1.82, 2.24) is 0 Å². The summed E-state index contributed by atoms with van der Waals surface area (Å²) in [6.45, 7) is 8.54. The third kappa shape index (κ3) is 4.23. The molecule has 26 heavy (non-hydrogen) atoms. The van der Waals surface area contributed by atoms with Gasteiger partial charge in [0, 0.05) is 12.7 Å². The number of methoxy groups -OCH3 is 1. The van der Waals surface area contributed by atoms with Crippen LogP contribution in [-0.4, -0.2) is 57.6 Å². The molecule has 6 atom stereocenters. The quantitative estimate of drug-likeness (QED) is 0.663. The van der Waals surface area contributed by atoms with E-state index in [1.54, 1.807) is 19.3 Å². The number of fused-ring (bicyclic) bond motifs is 1. The van der Waals surface area contributed by atoms with E-state index in [4.69, 9.17) is 28.4 Å². The molecule has 2 saturated heterocycles. The molecule has 0 aromatic heterocycles. The molecule has 2 aliphatic heterocycles. The van der Waals surface area contributed by atoms with E-state index < -0.39 is 18.7 Å². The normalized spacial score (nSPS) is 34.0. The molecule has 142 valence electrons. The molecule has 0 unspecified atom stereocenters. The highest BCUT2D eigenvalue weighted by atomic mass is 16.8. The largest absolute Gasteiger partial charge is 0.368 e. The summed E-state index contributed by atoms with van der Waals surface area (Å²) in [4.78, 5) is 0. The Kier molecular flexibility index (Phi) is 6.96. The van der Waals surface area contributed by atoms with E-state index in [-0.39, 0.29) is 18.3 Å². The van der Waals surface area contributed by atoms with Crippen LogP contribution in [0, 0.1) is 0 Å². The summed E-state index contributed by atoms with van der Waals surface area (Å²) in [5.41, 5.74) is 0.950. The lowest BCUT2D eigenvalue weighted by atomic mass is 9.97. The third-order valence-corrected chi connectivity index (χ3v) is 4.40. The lowest BCUT2D eigenvalue weighted by molar-refractivity contribution is -0.365. The molecule has 2 heterocycles. The topological polar surface area (TPSA) is 55.4 Å². The van der Waals surface area contributed by atoms with Gasteiger partial charge in [0.05, 0.1) is 19.8 Å². The number of hydrogen-bond donors (Lipinski definition) is 0. The van der Waals surface area contributed by atoms with Crippen LogP contribution in [0.4, 0.5) is 0 Å². The average Bonchev–Trinajstić information content (AvgIpc) is 2.70. The molecular formula is C20H26O6. The second-order valence-electron chi connectivity index (χ2n) is 6.13. The van der Waals surface area contributed by atoms with Crippen LogP contribution in [-0.2, 0) is 28.4 Å². The Bertz CT molecular complexity index is 577. The molecule has 6 nitrogen and oxygen atoms in total. The van der Waals surface area contributed by atoms with Gasteiger partial charge in [-0.1, -0.05) is 42.5 Å². The van der Waals surface area contributed by atoms with Gasteiger partial charge in [-0.2, -0.15) is 0 Å². The Morgan fingerprint density at radius 3 is 2.38 bits per heavy atom. The highest BCUT2D eigenvalue weighted by molar-refractivity contribution is 5.16. The van der Waals surface area contributed by atoms with Gasteiger partial charge < -0.3 is 28.4 Å². The van der Waals surface area contributed by atoms with Crippen molar-refractivity contribution in [3.63, 3.8) is 0 Å². The van der Waals surface area contributed by atoms with Crippen LogP contribution in [0.15, 0.2) is 55.6 Å². The Morgan fingerprint density at radius 1 is 1.04 bits per heavy atom. The summed E-state index contributed by atoms with van der Waals surface area (Å²) in [6, 6.07) is 9.80. The summed E-state index contributed by atoms with van der Waals surface area (Å²) in [6.07, 6.45) is 0.835. The molecule has 3 rings (SSSR count). The summed E-state index contributed by atoms with van der Waals surface area (Å²) in [5.74, 6) is 0. The first-order valence-electron chi connectivity index (χ1n) is 8.73. The van der Waals surface area contributed by atoms with Gasteiger partial charge in [0.1, 0.15) is 24.4 Å². The summed E-state index contributed by atoms with van der Waals surface area (Å²) >= 11 is 0. The van der Waals surface area contributed by atoms with Crippen LogP contribution in [0.1, 0.15) is 11.9 Å². The lowest BCUT2D eigenvalue weighted by Gasteiger charge is -2.48. The van der Waals surface area contributed by atoms with Gasteiger partial charge in [0.2, 0.25) is 0 Å². The SMILES string of the molecule is C=CCO[C@H]1[C@H](OCC=C)[C@H](OC)O[C@@H]2CO[C@H](c3ccccc3)O[C@@H]12. The maximum Gasteiger partial charge on any atom is 0.186 e. The Balaban J connectivity index is 1.81. The lowest BCUT2D eigenvalue weighted by Crippen LogP contribution is -2.63. The van der Waals surface area contributed by atoms with Crippen molar-refractivity contribution < 1.29 is 28.4 Å². The fourth-order valence-corrected chi connectivity index (χ4v) is 3.24. The second kappa shape index (κ2) is 9.41. The van der Waals surface area contributed by atoms with Crippen molar-refractivity contribution in [1.29, 1.82) is 0 Å². The monoisotopic (exact) mass is 362 g/mol. The third-order valence-electron chi connectivity index (χ3n) is 4.40. The van der Waals surface area contributed by atoms with Crippen LogP contribution in [0.2, 0.25) is 0 Å². The summed E-state index contributed by atoms with van der Waals surface area (Å²) in [5, 5.41) is 0. The van der Waals surface area contributed by atoms with Crippen molar-refractivity contribution in [3.05, 3.63) is 61.2 Å². The average molecular weight is 362 g/mol. The van der Waals surface area contributed by atoms with E-state index in [1.807, 2.05) is 30.3 Å². The van der Waals surface area contributed by atoms with Crippen LogP contribution in [0.5, 0.6) is 0 Å². The van der Waals surface area contributed by atoms with Crippen LogP contribution in [0.25, 0.3) is 0 Å². The molecule has 1 aromatic carbocycles. The molecule has 0 saturated carbocycles. The fraction of sp³-hybridized carbons (Fsp3) is 0.500. The van der Waals surface area contributed by atoms with Crippen LogP contribution >= 0.6 is 0 Å². The van der Waals surface area contributed by atoms with Crippen molar-refractivity contribution in [2.24, 2.45) is 0 Å². The van der Waals surface area contributed by atoms with Crippen molar-refractivity contribution >= 4 is 0 Å². The molecule has 0 aliphatic carbocycles. The molecule has 0 bridgehead atoms. The second-order valence-corrected chi connectivity index (χ2v) is 6.13. The molecule has 2 aliphatic rings. The number of hydrogen-bond acceptors (Lipinski definition) is 6. The first-order valence-corrected chi connectivity index (χ1v) is 8.73. The summed E-state index contributed by atoms with van der Waals surface area (Å²) < 4.78 is 35.5. The zero-order valence-electron chi connectivity index (χ0n) is 15.0. The van der Waals surface area contributed by atoms with Gasteiger partial charge in [-0.05, 0) is 0 Å². The predicted molar refractivity (Wildman–Crippen MR) is 95.6 cm³/mol. The maximum atomic E-state index is 6.22. The maximum absolute atomic E-state index is 6.22. The minimum atomic E-state index is -0.577. The van der Waals surface area contributed by atoms with Gasteiger partial charge >= 0.3 is 0 Å². The van der Waals surface area contributed by atoms with Gasteiger partial charge in [-0.15, -0.1) is 13.2 Å². The van der Waals surface area contributed by atoms with E-state index in [2.05, 4.69) is 13.2 Å². The van der Waals surface area contributed by atoms with Gasteiger partial charge in [-0.25, -0.2) is 0 Å². The van der Waals surface area contributed by atoms with Crippen molar-refractivity contribution in [2.75, 3.05) is 26.9 Å². The standard InChI is InChI=1S/C20H26O6/c1-4-11-22-17-16-15(25-20(21-3)18(17)23-12-5-2)13-24-19(26-16)14-9-7-6-8-10-14/h4-10,15-20H,1-2,11-13H2,3H3/t15-,16-,17-,18+,19+,20-/m1/s1. The Labute approximate surface area is 154 Å². The fourth-order valence-electron chi connectivity index (χ4n) is 3.24. The molecule has 0 radical (unpaired) electrons. The molecule has 2 fully saturated rings. The van der Waals surface area contributed by atoms with Crippen molar-refractivity contribution in [3.8, 4) is 0 Å². The number of rotatable bonds is 8. The smallest absolute Gasteiger partial charge is 0.186 e. The summed E-state index contributed by atoms with van der Waals surface area (Å²) in [7, 11) is 1.58. The molecule has 0 amide bonds. The van der Waals surface area contributed by atoms with Crippen LogP contribution < -0.4 is 0 Å².